The zero-order valence-electron chi connectivity index (χ0n) is 10.4. The van der Waals surface area contributed by atoms with Gasteiger partial charge in [0.05, 0.1) is 11.3 Å². The average Bonchev–Trinajstić information content (AvgIpc) is 2.37. The summed E-state index contributed by atoms with van der Waals surface area (Å²) in [6.07, 6.45) is 0. The second-order valence-electron chi connectivity index (χ2n) is 4.21. The van der Waals surface area contributed by atoms with Crippen molar-refractivity contribution in [2.24, 2.45) is 0 Å². The van der Waals surface area contributed by atoms with E-state index in [1.165, 1.54) is 18.2 Å². The summed E-state index contributed by atoms with van der Waals surface area (Å²) >= 11 is 0. The Kier molecular flexibility index (Phi) is 3.65. The lowest BCUT2D eigenvalue weighted by Crippen LogP contribution is -2.02. The number of anilines is 2. The first-order chi connectivity index (χ1) is 9.38. The van der Waals surface area contributed by atoms with Gasteiger partial charge in [0.2, 0.25) is 0 Å². The number of carboxylic acid groups (broad SMARTS) is 1. The molecule has 3 nitrogen and oxygen atoms in total. The molecule has 2 aromatic carbocycles. The summed E-state index contributed by atoms with van der Waals surface area (Å²) in [7, 11) is 0. The van der Waals surface area contributed by atoms with E-state index in [9.17, 15) is 18.0 Å². The Hall–Kier alpha value is -2.50. The quantitative estimate of drug-likeness (QED) is 0.840. The third-order valence-electron chi connectivity index (χ3n) is 2.74. The van der Waals surface area contributed by atoms with Crippen LogP contribution in [0.3, 0.4) is 0 Å². The van der Waals surface area contributed by atoms with Crippen LogP contribution in [0.4, 0.5) is 24.5 Å². The van der Waals surface area contributed by atoms with Crippen molar-refractivity contribution in [2.45, 2.75) is 6.92 Å². The van der Waals surface area contributed by atoms with E-state index in [1.54, 1.807) is 6.92 Å². The highest BCUT2D eigenvalue weighted by Gasteiger charge is 2.12. The van der Waals surface area contributed by atoms with E-state index < -0.39 is 23.4 Å². The molecule has 2 rings (SSSR count). The molecule has 0 aliphatic rings. The Morgan fingerprint density at radius 2 is 1.80 bits per heavy atom. The number of carboxylic acids is 1. The summed E-state index contributed by atoms with van der Waals surface area (Å²) in [5, 5.41) is 11.4. The minimum atomic E-state index is -1.30. The standard InChI is InChI=1S/C14H10F3NO2/c1-7-4-8(14(19)20)2-3-11(7)18-12-6-9(15)5-10(16)13(12)17/h2-6,18H,1H3,(H,19,20). The maximum atomic E-state index is 13.5. The topological polar surface area (TPSA) is 49.3 Å². The van der Waals surface area contributed by atoms with Crippen molar-refractivity contribution in [1.82, 2.24) is 0 Å². The molecular formula is C14H10F3NO2. The number of hydrogen-bond acceptors (Lipinski definition) is 2. The maximum Gasteiger partial charge on any atom is 0.335 e. The van der Waals surface area contributed by atoms with Crippen LogP contribution in [0.15, 0.2) is 30.3 Å². The van der Waals surface area contributed by atoms with Gasteiger partial charge >= 0.3 is 5.97 Å². The molecule has 0 fully saturated rings. The van der Waals surface area contributed by atoms with E-state index in [0.29, 0.717) is 17.3 Å². The summed E-state index contributed by atoms with van der Waals surface area (Å²) in [5.74, 6) is -4.51. The third kappa shape index (κ3) is 2.74. The molecule has 104 valence electrons. The predicted molar refractivity (Wildman–Crippen MR) is 67.7 cm³/mol. The highest BCUT2D eigenvalue weighted by molar-refractivity contribution is 5.88. The molecule has 20 heavy (non-hydrogen) atoms. The summed E-state index contributed by atoms with van der Waals surface area (Å²) in [6.45, 7) is 1.60. The number of aromatic carboxylic acids is 1. The van der Waals surface area contributed by atoms with Gasteiger partial charge in [-0.3, -0.25) is 0 Å². The van der Waals surface area contributed by atoms with Crippen LogP contribution in [0.2, 0.25) is 0 Å². The van der Waals surface area contributed by atoms with Crippen molar-refractivity contribution in [3.05, 3.63) is 58.9 Å². The molecule has 0 aliphatic heterocycles. The van der Waals surface area contributed by atoms with Crippen LogP contribution < -0.4 is 5.32 Å². The molecule has 2 aromatic rings. The lowest BCUT2D eigenvalue weighted by Gasteiger charge is -2.11. The fourth-order valence-electron chi connectivity index (χ4n) is 1.73. The smallest absolute Gasteiger partial charge is 0.335 e. The fraction of sp³-hybridized carbons (Fsp3) is 0.0714. The van der Waals surface area contributed by atoms with E-state index >= 15 is 0 Å². The summed E-state index contributed by atoms with van der Waals surface area (Å²) < 4.78 is 39.6. The number of aryl methyl sites for hydroxylation is 1. The monoisotopic (exact) mass is 281 g/mol. The molecular weight excluding hydrogens is 271 g/mol. The Balaban J connectivity index is 2.38. The van der Waals surface area contributed by atoms with Gasteiger partial charge in [0.25, 0.3) is 0 Å². The Bertz CT molecular complexity index is 686. The molecule has 0 aromatic heterocycles. The van der Waals surface area contributed by atoms with E-state index in [2.05, 4.69) is 5.32 Å². The number of carbonyl (C=O) groups is 1. The summed E-state index contributed by atoms with van der Waals surface area (Å²) in [5.41, 5.74) is 0.584. The van der Waals surface area contributed by atoms with Crippen molar-refractivity contribution in [1.29, 1.82) is 0 Å². The number of benzene rings is 2. The zero-order chi connectivity index (χ0) is 14.9. The molecule has 6 heteroatoms. The fourth-order valence-corrected chi connectivity index (χ4v) is 1.73. The Morgan fingerprint density at radius 3 is 2.40 bits per heavy atom. The normalized spacial score (nSPS) is 10.4. The minimum Gasteiger partial charge on any atom is -0.478 e. The van der Waals surface area contributed by atoms with Crippen LogP contribution in [0.1, 0.15) is 15.9 Å². The summed E-state index contributed by atoms with van der Waals surface area (Å²) in [4.78, 5) is 10.8. The lowest BCUT2D eigenvalue weighted by atomic mass is 10.1. The molecule has 0 atom stereocenters. The van der Waals surface area contributed by atoms with Gasteiger partial charge in [-0.2, -0.15) is 0 Å². The van der Waals surface area contributed by atoms with Gasteiger partial charge < -0.3 is 10.4 Å². The molecule has 0 heterocycles. The largest absolute Gasteiger partial charge is 0.478 e. The molecule has 0 unspecified atom stereocenters. The van der Waals surface area contributed by atoms with Crippen molar-refractivity contribution in [2.75, 3.05) is 5.32 Å². The van der Waals surface area contributed by atoms with Crippen LogP contribution >= 0.6 is 0 Å². The molecule has 0 aliphatic carbocycles. The third-order valence-corrected chi connectivity index (χ3v) is 2.74. The number of rotatable bonds is 3. The number of nitrogens with one attached hydrogen (secondary N) is 1. The van der Waals surface area contributed by atoms with Gasteiger partial charge in [-0.1, -0.05) is 0 Å². The Labute approximate surface area is 112 Å². The van der Waals surface area contributed by atoms with Crippen LogP contribution in [-0.2, 0) is 0 Å². The first-order valence-corrected chi connectivity index (χ1v) is 5.64. The highest BCUT2D eigenvalue weighted by atomic mass is 19.2. The summed E-state index contributed by atoms with van der Waals surface area (Å²) in [6, 6.07) is 5.36. The van der Waals surface area contributed by atoms with Crippen LogP contribution in [0, 0.1) is 24.4 Å². The van der Waals surface area contributed by atoms with Gasteiger partial charge in [0.1, 0.15) is 5.82 Å². The number of hydrogen-bond donors (Lipinski definition) is 2. The van der Waals surface area contributed by atoms with Crippen molar-refractivity contribution >= 4 is 17.3 Å². The lowest BCUT2D eigenvalue weighted by molar-refractivity contribution is 0.0697. The number of halogens is 3. The second kappa shape index (κ2) is 5.24. The SMILES string of the molecule is Cc1cc(C(=O)O)ccc1Nc1cc(F)cc(F)c1F. The van der Waals surface area contributed by atoms with E-state index in [4.69, 9.17) is 5.11 Å². The first-order valence-electron chi connectivity index (χ1n) is 5.64. The average molecular weight is 281 g/mol. The molecule has 0 amide bonds. The van der Waals surface area contributed by atoms with Gasteiger partial charge in [-0.25, -0.2) is 18.0 Å². The van der Waals surface area contributed by atoms with Crippen LogP contribution in [0.5, 0.6) is 0 Å². The van der Waals surface area contributed by atoms with Gasteiger partial charge in [0.15, 0.2) is 11.6 Å². The zero-order valence-corrected chi connectivity index (χ0v) is 10.4. The van der Waals surface area contributed by atoms with Gasteiger partial charge in [-0.15, -0.1) is 0 Å². The van der Waals surface area contributed by atoms with Gasteiger partial charge in [0, 0.05) is 17.8 Å². The minimum absolute atomic E-state index is 0.0685. The predicted octanol–water partition coefficient (Wildman–Crippen LogP) is 3.85. The molecule has 2 N–H and O–H groups in total. The van der Waals surface area contributed by atoms with Crippen molar-refractivity contribution in [3.8, 4) is 0 Å². The van der Waals surface area contributed by atoms with Crippen molar-refractivity contribution in [3.63, 3.8) is 0 Å². The second-order valence-corrected chi connectivity index (χ2v) is 4.21. The molecule has 0 radical (unpaired) electrons. The maximum absolute atomic E-state index is 13.5. The van der Waals surface area contributed by atoms with E-state index in [1.807, 2.05) is 0 Å². The van der Waals surface area contributed by atoms with Crippen LogP contribution in [0.25, 0.3) is 0 Å². The van der Waals surface area contributed by atoms with Crippen molar-refractivity contribution < 1.29 is 23.1 Å². The molecule has 0 saturated heterocycles. The van der Waals surface area contributed by atoms with Gasteiger partial charge in [-0.05, 0) is 30.7 Å². The Morgan fingerprint density at radius 1 is 1.10 bits per heavy atom. The molecule has 0 saturated carbocycles. The molecule has 0 spiro atoms. The highest BCUT2D eigenvalue weighted by Crippen LogP contribution is 2.26. The van der Waals surface area contributed by atoms with E-state index in [0.717, 1.165) is 6.07 Å². The first kappa shape index (κ1) is 13.9. The van der Waals surface area contributed by atoms with Crippen LogP contribution in [-0.4, -0.2) is 11.1 Å². The molecule has 0 bridgehead atoms. The van der Waals surface area contributed by atoms with E-state index in [-0.39, 0.29) is 11.3 Å².